The van der Waals surface area contributed by atoms with Gasteiger partial charge in [0, 0.05) is 49.2 Å². The van der Waals surface area contributed by atoms with Gasteiger partial charge in [0.2, 0.25) is 0 Å². The quantitative estimate of drug-likeness (QED) is 0.478. The molecule has 3 aromatic rings. The van der Waals surface area contributed by atoms with E-state index in [0.29, 0.717) is 4.88 Å². The predicted molar refractivity (Wildman–Crippen MR) is 131 cm³/mol. The van der Waals surface area contributed by atoms with E-state index in [1.165, 1.54) is 27.8 Å². The van der Waals surface area contributed by atoms with Crippen molar-refractivity contribution in [1.82, 2.24) is 20.2 Å². The zero-order valence-electron chi connectivity index (χ0n) is 19.2. The van der Waals surface area contributed by atoms with E-state index >= 15 is 0 Å². The van der Waals surface area contributed by atoms with Gasteiger partial charge in [0.1, 0.15) is 4.88 Å². The van der Waals surface area contributed by atoms with Crippen molar-refractivity contribution >= 4 is 28.1 Å². The average Bonchev–Trinajstić information content (AvgIpc) is 3.44. The molecule has 0 bridgehead atoms. The Kier molecular flexibility index (Phi) is 7.95. The molecule has 2 aromatic heterocycles. The normalized spacial score (nSPS) is 15.8. The topological polar surface area (TPSA) is 70.2 Å². The number of hydrogen-bond acceptors (Lipinski definition) is 5. The minimum absolute atomic E-state index is 0.00255. The first-order chi connectivity index (χ1) is 15.6. The molecule has 0 spiro atoms. The van der Waals surface area contributed by atoms with Gasteiger partial charge in [-0.1, -0.05) is 31.4 Å². The van der Waals surface area contributed by atoms with E-state index in [-0.39, 0.29) is 11.9 Å². The van der Waals surface area contributed by atoms with Gasteiger partial charge >= 0.3 is 0 Å². The first-order valence-corrected chi connectivity index (χ1v) is 12.6. The van der Waals surface area contributed by atoms with Crippen molar-refractivity contribution in [3.05, 3.63) is 51.6 Å². The summed E-state index contributed by atoms with van der Waals surface area (Å²) in [7, 11) is 0. The maximum Gasteiger partial charge on any atom is 0.263 e. The van der Waals surface area contributed by atoms with Crippen LogP contribution in [0.5, 0.6) is 0 Å². The molecule has 3 heterocycles. The SMILES string of the molecule is CCCCC(Cc1c[nH]c2ccc(C)cc12)NC(=O)c1cnc(CCN2CCOCC2)s1. The van der Waals surface area contributed by atoms with Crippen molar-refractivity contribution in [3.63, 3.8) is 0 Å². The van der Waals surface area contributed by atoms with Crippen LogP contribution in [0.25, 0.3) is 10.9 Å². The number of ether oxygens (including phenoxy) is 1. The van der Waals surface area contributed by atoms with E-state index in [9.17, 15) is 4.79 Å². The number of aromatic nitrogens is 2. The van der Waals surface area contributed by atoms with Gasteiger partial charge in [-0.15, -0.1) is 11.3 Å². The van der Waals surface area contributed by atoms with Gasteiger partial charge in [-0.2, -0.15) is 0 Å². The van der Waals surface area contributed by atoms with E-state index < -0.39 is 0 Å². The second-order valence-corrected chi connectivity index (χ2v) is 9.82. The Labute approximate surface area is 194 Å². The highest BCUT2D eigenvalue weighted by Gasteiger charge is 2.19. The number of benzene rings is 1. The van der Waals surface area contributed by atoms with Gasteiger partial charge in [-0.25, -0.2) is 4.98 Å². The molecule has 172 valence electrons. The highest BCUT2D eigenvalue weighted by Crippen LogP contribution is 2.22. The smallest absolute Gasteiger partial charge is 0.263 e. The largest absolute Gasteiger partial charge is 0.379 e. The Morgan fingerprint density at radius 3 is 3.00 bits per heavy atom. The lowest BCUT2D eigenvalue weighted by Crippen LogP contribution is -2.37. The third kappa shape index (κ3) is 5.97. The predicted octanol–water partition coefficient (Wildman–Crippen LogP) is 4.34. The highest BCUT2D eigenvalue weighted by atomic mass is 32.1. The van der Waals surface area contributed by atoms with Crippen LogP contribution in [0.3, 0.4) is 0 Å². The van der Waals surface area contributed by atoms with Gasteiger partial charge in [0.05, 0.1) is 24.4 Å². The molecule has 1 aromatic carbocycles. The number of carbonyl (C=O) groups is 1. The fourth-order valence-electron chi connectivity index (χ4n) is 4.27. The third-order valence-electron chi connectivity index (χ3n) is 6.15. The molecular weight excluding hydrogens is 420 g/mol. The molecule has 7 heteroatoms. The number of aromatic amines is 1. The minimum Gasteiger partial charge on any atom is -0.379 e. The molecule has 1 atom stereocenters. The molecule has 32 heavy (non-hydrogen) atoms. The van der Waals surface area contributed by atoms with Gasteiger partial charge in [-0.05, 0) is 37.5 Å². The number of aryl methyl sites for hydroxylation is 1. The Morgan fingerprint density at radius 1 is 1.34 bits per heavy atom. The first kappa shape index (κ1) is 23.0. The number of nitrogens with zero attached hydrogens (tertiary/aromatic N) is 2. The summed E-state index contributed by atoms with van der Waals surface area (Å²) < 4.78 is 5.41. The molecule has 1 aliphatic rings. The van der Waals surface area contributed by atoms with Gasteiger partial charge in [0.15, 0.2) is 0 Å². The molecule has 1 amide bonds. The molecule has 0 aliphatic carbocycles. The molecule has 1 fully saturated rings. The van der Waals surface area contributed by atoms with Crippen LogP contribution in [-0.4, -0.2) is 59.7 Å². The molecule has 1 aliphatic heterocycles. The van der Waals surface area contributed by atoms with Crippen LogP contribution in [0.1, 0.15) is 52.0 Å². The minimum atomic E-state index is -0.00255. The fraction of sp³-hybridized carbons (Fsp3) is 0.520. The molecule has 0 radical (unpaired) electrons. The molecule has 0 saturated carbocycles. The number of nitrogens with one attached hydrogen (secondary N) is 2. The van der Waals surface area contributed by atoms with Crippen LogP contribution in [0, 0.1) is 6.92 Å². The monoisotopic (exact) mass is 454 g/mol. The van der Waals surface area contributed by atoms with E-state index in [4.69, 9.17) is 4.74 Å². The lowest BCUT2D eigenvalue weighted by Gasteiger charge is -2.25. The van der Waals surface area contributed by atoms with Crippen molar-refractivity contribution < 1.29 is 9.53 Å². The van der Waals surface area contributed by atoms with Crippen LogP contribution in [-0.2, 0) is 17.6 Å². The van der Waals surface area contributed by atoms with E-state index in [1.54, 1.807) is 6.20 Å². The summed E-state index contributed by atoms with van der Waals surface area (Å²) in [5, 5.41) is 5.58. The number of amides is 1. The van der Waals surface area contributed by atoms with Gasteiger partial charge in [0.25, 0.3) is 5.91 Å². The van der Waals surface area contributed by atoms with E-state index in [2.05, 4.69) is 58.4 Å². The summed E-state index contributed by atoms with van der Waals surface area (Å²) in [4.78, 5) is 24.0. The van der Waals surface area contributed by atoms with Crippen LogP contribution in [0.4, 0.5) is 0 Å². The maximum absolute atomic E-state index is 13.0. The average molecular weight is 455 g/mol. The number of carbonyl (C=O) groups excluding carboxylic acids is 1. The van der Waals surface area contributed by atoms with E-state index in [1.807, 2.05) is 0 Å². The summed E-state index contributed by atoms with van der Waals surface area (Å²) in [5.41, 5.74) is 3.67. The summed E-state index contributed by atoms with van der Waals surface area (Å²) in [6.45, 7) is 8.85. The second kappa shape index (κ2) is 11.1. The first-order valence-electron chi connectivity index (χ1n) is 11.7. The summed E-state index contributed by atoms with van der Waals surface area (Å²) in [5.74, 6) is -0.00255. The zero-order chi connectivity index (χ0) is 22.3. The second-order valence-electron chi connectivity index (χ2n) is 8.70. The lowest BCUT2D eigenvalue weighted by atomic mass is 9.99. The third-order valence-corrected chi connectivity index (χ3v) is 7.21. The summed E-state index contributed by atoms with van der Waals surface area (Å²) in [6.07, 6.45) is 8.73. The molecule has 2 N–H and O–H groups in total. The Morgan fingerprint density at radius 2 is 2.19 bits per heavy atom. The molecule has 6 nitrogen and oxygen atoms in total. The van der Waals surface area contributed by atoms with Crippen molar-refractivity contribution in [2.45, 2.75) is 52.0 Å². The number of thiazole rings is 1. The standard InChI is InChI=1S/C25H34N4O2S/c1-3-4-5-20(15-19-16-26-22-7-6-18(2)14-21(19)22)28-25(30)23-17-27-24(32-23)8-9-29-10-12-31-13-11-29/h6-7,14,16-17,20,26H,3-5,8-13,15H2,1-2H3,(H,28,30). The molecule has 1 saturated heterocycles. The number of hydrogen-bond donors (Lipinski definition) is 2. The van der Waals surface area contributed by atoms with Crippen LogP contribution in [0.2, 0.25) is 0 Å². The number of rotatable bonds is 10. The molecule has 4 rings (SSSR count). The summed E-state index contributed by atoms with van der Waals surface area (Å²) in [6, 6.07) is 6.59. The van der Waals surface area contributed by atoms with Gasteiger partial charge < -0.3 is 15.0 Å². The number of H-pyrrole nitrogens is 1. The van der Waals surface area contributed by atoms with Crippen LogP contribution in [0.15, 0.2) is 30.6 Å². The highest BCUT2D eigenvalue weighted by molar-refractivity contribution is 7.13. The molecular formula is C25H34N4O2S. The Balaban J connectivity index is 1.38. The number of fused-ring (bicyclic) bond motifs is 1. The Hall–Kier alpha value is -2.22. The maximum atomic E-state index is 13.0. The zero-order valence-corrected chi connectivity index (χ0v) is 20.0. The lowest BCUT2D eigenvalue weighted by molar-refractivity contribution is 0.0384. The van der Waals surface area contributed by atoms with Crippen molar-refractivity contribution in [2.24, 2.45) is 0 Å². The Bertz CT molecular complexity index is 1020. The van der Waals surface area contributed by atoms with E-state index in [0.717, 1.165) is 75.5 Å². The van der Waals surface area contributed by atoms with Crippen molar-refractivity contribution in [1.29, 1.82) is 0 Å². The number of morpholine rings is 1. The molecule has 1 unspecified atom stereocenters. The van der Waals surface area contributed by atoms with Crippen LogP contribution < -0.4 is 5.32 Å². The van der Waals surface area contributed by atoms with Crippen molar-refractivity contribution in [3.8, 4) is 0 Å². The van der Waals surface area contributed by atoms with Gasteiger partial charge in [-0.3, -0.25) is 9.69 Å². The summed E-state index contributed by atoms with van der Waals surface area (Å²) >= 11 is 1.52. The fourth-order valence-corrected chi connectivity index (χ4v) is 5.08. The number of unbranched alkanes of at least 4 members (excludes halogenated alkanes) is 1. The van der Waals surface area contributed by atoms with Crippen LogP contribution >= 0.6 is 11.3 Å². The van der Waals surface area contributed by atoms with Crippen molar-refractivity contribution in [2.75, 3.05) is 32.8 Å².